The zero-order valence-electron chi connectivity index (χ0n) is 10.2. The minimum Gasteiger partial charge on any atom is -0.349 e. The molecular formula is C14H16F2N2. The van der Waals surface area contributed by atoms with Crippen LogP contribution in [-0.2, 0) is 6.54 Å². The Hall–Kier alpha value is -1.68. The van der Waals surface area contributed by atoms with Gasteiger partial charge in [0.1, 0.15) is 11.6 Å². The van der Waals surface area contributed by atoms with Crippen LogP contribution in [0.5, 0.6) is 0 Å². The minimum atomic E-state index is -0.558. The molecule has 0 fully saturated rings. The van der Waals surface area contributed by atoms with Gasteiger partial charge in [-0.25, -0.2) is 8.78 Å². The first-order valence-electron chi connectivity index (χ1n) is 5.95. The van der Waals surface area contributed by atoms with Crippen molar-refractivity contribution in [3.63, 3.8) is 0 Å². The summed E-state index contributed by atoms with van der Waals surface area (Å²) in [5.41, 5.74) is 7.40. The Labute approximate surface area is 105 Å². The highest BCUT2D eigenvalue weighted by molar-refractivity contribution is 5.21. The molecule has 1 aromatic carbocycles. The van der Waals surface area contributed by atoms with Crippen LogP contribution in [0.1, 0.15) is 30.5 Å². The Morgan fingerprint density at radius 1 is 1.28 bits per heavy atom. The van der Waals surface area contributed by atoms with Gasteiger partial charge < -0.3 is 10.3 Å². The normalized spacial score (nSPS) is 12.7. The lowest BCUT2D eigenvalue weighted by Crippen LogP contribution is -2.07. The summed E-state index contributed by atoms with van der Waals surface area (Å²) in [6, 6.07) is 5.56. The number of halogens is 2. The molecule has 18 heavy (non-hydrogen) atoms. The van der Waals surface area contributed by atoms with E-state index in [1.54, 1.807) is 0 Å². The Morgan fingerprint density at radius 2 is 2.06 bits per heavy atom. The van der Waals surface area contributed by atoms with Gasteiger partial charge in [0.05, 0.1) is 0 Å². The molecule has 0 amide bonds. The van der Waals surface area contributed by atoms with E-state index in [1.165, 1.54) is 12.1 Å². The summed E-state index contributed by atoms with van der Waals surface area (Å²) in [6.07, 6.45) is 4.61. The zero-order valence-corrected chi connectivity index (χ0v) is 10.2. The van der Waals surface area contributed by atoms with Crippen LogP contribution in [0.2, 0.25) is 0 Å². The van der Waals surface area contributed by atoms with E-state index in [4.69, 9.17) is 5.73 Å². The van der Waals surface area contributed by atoms with Gasteiger partial charge in [0.15, 0.2) is 0 Å². The van der Waals surface area contributed by atoms with Crippen LogP contribution in [0.3, 0.4) is 0 Å². The predicted molar refractivity (Wildman–Crippen MR) is 67.1 cm³/mol. The summed E-state index contributed by atoms with van der Waals surface area (Å²) in [5, 5.41) is 0. The molecular weight excluding hydrogens is 234 g/mol. The third kappa shape index (κ3) is 2.76. The van der Waals surface area contributed by atoms with Crippen molar-refractivity contribution in [2.45, 2.75) is 25.9 Å². The summed E-state index contributed by atoms with van der Waals surface area (Å²) < 4.78 is 28.1. The van der Waals surface area contributed by atoms with Crippen LogP contribution in [-0.4, -0.2) is 4.57 Å². The topological polar surface area (TPSA) is 30.9 Å². The van der Waals surface area contributed by atoms with Crippen molar-refractivity contribution in [1.82, 2.24) is 4.57 Å². The molecule has 96 valence electrons. The Morgan fingerprint density at radius 3 is 2.72 bits per heavy atom. The van der Waals surface area contributed by atoms with Gasteiger partial charge >= 0.3 is 0 Å². The Balaban J connectivity index is 2.16. The summed E-state index contributed by atoms with van der Waals surface area (Å²) >= 11 is 0. The lowest BCUT2D eigenvalue weighted by atomic mass is 10.1. The summed E-state index contributed by atoms with van der Waals surface area (Å²) in [5.74, 6) is -1.08. The van der Waals surface area contributed by atoms with Crippen molar-refractivity contribution >= 4 is 0 Å². The molecule has 4 heteroatoms. The third-order valence-electron chi connectivity index (χ3n) is 3.01. The number of hydrogen-bond donors (Lipinski definition) is 1. The second-order valence-corrected chi connectivity index (χ2v) is 4.37. The average Bonchev–Trinajstić information content (AvgIpc) is 2.80. The van der Waals surface area contributed by atoms with Gasteiger partial charge in [-0.3, -0.25) is 0 Å². The van der Waals surface area contributed by atoms with Crippen molar-refractivity contribution in [3.05, 3.63) is 59.4 Å². The molecule has 0 spiro atoms. The smallest absolute Gasteiger partial charge is 0.131 e. The van der Waals surface area contributed by atoms with E-state index in [9.17, 15) is 8.78 Å². The quantitative estimate of drug-likeness (QED) is 0.887. The molecule has 0 aliphatic rings. The van der Waals surface area contributed by atoms with Crippen LogP contribution in [0.4, 0.5) is 8.78 Å². The molecule has 0 aliphatic carbocycles. The van der Waals surface area contributed by atoms with Crippen LogP contribution in [0, 0.1) is 11.6 Å². The fraction of sp³-hybridized carbons (Fsp3) is 0.286. The maximum atomic E-state index is 13.5. The molecule has 0 saturated carbocycles. The van der Waals surface area contributed by atoms with Crippen molar-refractivity contribution in [1.29, 1.82) is 0 Å². The fourth-order valence-electron chi connectivity index (χ4n) is 1.86. The van der Waals surface area contributed by atoms with E-state index < -0.39 is 11.6 Å². The largest absolute Gasteiger partial charge is 0.349 e. The molecule has 2 rings (SSSR count). The maximum absolute atomic E-state index is 13.5. The van der Waals surface area contributed by atoms with Crippen molar-refractivity contribution in [2.24, 2.45) is 5.73 Å². The van der Waals surface area contributed by atoms with Gasteiger partial charge in [-0.15, -0.1) is 0 Å². The van der Waals surface area contributed by atoms with Gasteiger partial charge in [0, 0.05) is 36.6 Å². The molecule has 2 nitrogen and oxygen atoms in total. The SMILES string of the molecule is CCC(N)c1ccn(Cc2ccc(F)cc2F)c1. The van der Waals surface area contributed by atoms with E-state index in [0.717, 1.165) is 18.1 Å². The number of nitrogens with zero attached hydrogens (tertiary/aromatic N) is 1. The lowest BCUT2D eigenvalue weighted by molar-refractivity contribution is 0.566. The number of rotatable bonds is 4. The molecule has 1 unspecified atom stereocenters. The number of aromatic nitrogens is 1. The van der Waals surface area contributed by atoms with Crippen molar-refractivity contribution < 1.29 is 8.78 Å². The highest BCUT2D eigenvalue weighted by Gasteiger charge is 2.07. The number of nitrogens with two attached hydrogens (primary N) is 1. The predicted octanol–water partition coefficient (Wildman–Crippen LogP) is 3.22. The van der Waals surface area contributed by atoms with Gasteiger partial charge in [0.25, 0.3) is 0 Å². The van der Waals surface area contributed by atoms with Crippen LogP contribution in [0.15, 0.2) is 36.7 Å². The van der Waals surface area contributed by atoms with E-state index in [-0.39, 0.29) is 6.04 Å². The highest BCUT2D eigenvalue weighted by atomic mass is 19.1. The van der Waals surface area contributed by atoms with E-state index >= 15 is 0 Å². The molecule has 0 bridgehead atoms. The lowest BCUT2D eigenvalue weighted by Gasteiger charge is -2.07. The molecule has 1 aromatic heterocycles. The fourth-order valence-corrected chi connectivity index (χ4v) is 1.86. The second-order valence-electron chi connectivity index (χ2n) is 4.37. The average molecular weight is 250 g/mol. The molecule has 0 saturated heterocycles. The van der Waals surface area contributed by atoms with Crippen molar-refractivity contribution in [2.75, 3.05) is 0 Å². The molecule has 2 N–H and O–H groups in total. The first-order chi connectivity index (χ1) is 8.60. The molecule has 0 aliphatic heterocycles. The number of benzene rings is 1. The molecule has 1 atom stereocenters. The third-order valence-corrected chi connectivity index (χ3v) is 3.01. The van der Waals surface area contributed by atoms with E-state index in [2.05, 4.69) is 0 Å². The standard InChI is InChI=1S/C14H16F2N2/c1-2-14(17)11-5-6-18(9-11)8-10-3-4-12(15)7-13(10)16/h3-7,9,14H,2,8,17H2,1H3. The van der Waals surface area contributed by atoms with Crippen LogP contribution < -0.4 is 5.73 Å². The summed E-state index contributed by atoms with van der Waals surface area (Å²) in [4.78, 5) is 0. The first-order valence-corrected chi connectivity index (χ1v) is 5.95. The highest BCUT2D eigenvalue weighted by Crippen LogP contribution is 2.16. The van der Waals surface area contributed by atoms with Gasteiger partial charge in [-0.05, 0) is 24.1 Å². The number of hydrogen-bond acceptors (Lipinski definition) is 1. The van der Waals surface area contributed by atoms with Crippen LogP contribution in [0.25, 0.3) is 0 Å². The minimum absolute atomic E-state index is 0.00400. The first kappa shape index (κ1) is 12.8. The molecule has 2 aromatic rings. The molecule has 1 heterocycles. The summed E-state index contributed by atoms with van der Waals surface area (Å²) in [6.45, 7) is 2.39. The summed E-state index contributed by atoms with van der Waals surface area (Å²) in [7, 11) is 0. The molecule has 0 radical (unpaired) electrons. The Kier molecular flexibility index (Phi) is 3.77. The second kappa shape index (κ2) is 5.31. The zero-order chi connectivity index (χ0) is 13.1. The Bertz CT molecular complexity index is 534. The van der Waals surface area contributed by atoms with Gasteiger partial charge in [-0.1, -0.05) is 13.0 Å². The van der Waals surface area contributed by atoms with Gasteiger partial charge in [0.2, 0.25) is 0 Å². The van der Waals surface area contributed by atoms with Crippen LogP contribution >= 0.6 is 0 Å². The van der Waals surface area contributed by atoms with Gasteiger partial charge in [-0.2, -0.15) is 0 Å². The monoisotopic (exact) mass is 250 g/mol. The van der Waals surface area contributed by atoms with E-state index in [1.807, 2.05) is 30.0 Å². The van der Waals surface area contributed by atoms with E-state index in [0.29, 0.717) is 12.1 Å². The maximum Gasteiger partial charge on any atom is 0.131 e. The van der Waals surface area contributed by atoms with Crippen molar-refractivity contribution in [3.8, 4) is 0 Å².